The molecule has 2 aromatic rings. The molecular weight excluding hydrogens is 479 g/mol. The van der Waals surface area contributed by atoms with E-state index in [2.05, 4.69) is 23.7 Å². The normalized spacial score (nSPS) is 25.7. The van der Waals surface area contributed by atoms with Crippen LogP contribution in [0.25, 0.3) is 10.2 Å². The summed E-state index contributed by atoms with van der Waals surface area (Å²) in [4.78, 5) is 33.4. The quantitative estimate of drug-likeness (QED) is 0.412. The van der Waals surface area contributed by atoms with Gasteiger partial charge in [0.2, 0.25) is 0 Å². The number of ether oxygens (including phenoxy) is 1. The molecule has 10 heteroatoms. The second kappa shape index (κ2) is 10.4. The molecule has 0 unspecified atom stereocenters. The third-order valence-corrected chi connectivity index (χ3v) is 8.41. The summed E-state index contributed by atoms with van der Waals surface area (Å²) in [5, 5.41) is 1.13. The lowest BCUT2D eigenvalue weighted by molar-refractivity contribution is -0.190. The molecule has 1 saturated carbocycles. The van der Waals surface area contributed by atoms with E-state index in [9.17, 15) is 22.8 Å². The predicted octanol–water partition coefficient (Wildman–Crippen LogP) is 5.29. The number of hydrogen-bond donors (Lipinski definition) is 0. The van der Waals surface area contributed by atoms with Gasteiger partial charge in [0.25, 0.3) is 0 Å². The van der Waals surface area contributed by atoms with Crippen LogP contribution >= 0.6 is 11.3 Å². The summed E-state index contributed by atoms with van der Waals surface area (Å²) < 4.78 is 42.7. The highest BCUT2D eigenvalue weighted by Gasteiger charge is 2.37. The summed E-state index contributed by atoms with van der Waals surface area (Å²) >= 11 is 1.70. The van der Waals surface area contributed by atoms with Crippen LogP contribution in [0.15, 0.2) is 18.2 Å². The maximum Gasteiger partial charge on any atom is 0.422 e. The summed E-state index contributed by atoms with van der Waals surface area (Å²) in [6, 6.07) is 6.12. The Bertz CT molecular complexity index is 1060. The molecule has 35 heavy (non-hydrogen) atoms. The van der Waals surface area contributed by atoms with Crippen molar-refractivity contribution in [1.82, 2.24) is 14.8 Å². The van der Waals surface area contributed by atoms with E-state index in [1.165, 1.54) is 4.90 Å². The van der Waals surface area contributed by atoms with Crippen molar-refractivity contribution < 1.29 is 27.5 Å². The molecule has 1 aromatic carbocycles. The molecule has 6 nitrogen and oxygen atoms in total. The number of alkyl halides is 3. The third-order valence-electron chi connectivity index (χ3n) is 7.21. The molecule has 0 radical (unpaired) electrons. The molecule has 1 aliphatic carbocycles. The Kier molecular flexibility index (Phi) is 7.71. The molecular formula is C25H32F3N3O3S. The first-order valence-electron chi connectivity index (χ1n) is 12.1. The number of esters is 1. The summed E-state index contributed by atoms with van der Waals surface area (Å²) in [6.07, 6.45) is 1.32. The minimum atomic E-state index is -4.68. The van der Waals surface area contributed by atoms with Gasteiger partial charge in [-0.2, -0.15) is 13.2 Å². The first-order chi connectivity index (χ1) is 16.5. The van der Waals surface area contributed by atoms with Gasteiger partial charge in [0.1, 0.15) is 0 Å². The van der Waals surface area contributed by atoms with E-state index in [0.717, 1.165) is 52.9 Å². The summed E-state index contributed by atoms with van der Waals surface area (Å²) in [7, 11) is 4.25. The molecule has 0 bridgehead atoms. The molecule has 0 N–H and O–H groups in total. The summed E-state index contributed by atoms with van der Waals surface area (Å²) in [5.41, 5.74) is 1.71. The van der Waals surface area contributed by atoms with Crippen molar-refractivity contribution in [1.29, 1.82) is 0 Å². The number of halogens is 3. The van der Waals surface area contributed by atoms with Crippen molar-refractivity contribution >= 4 is 33.4 Å². The summed E-state index contributed by atoms with van der Waals surface area (Å²) in [5.74, 6) is -1.91. The van der Waals surface area contributed by atoms with Crippen LogP contribution in [-0.4, -0.2) is 66.1 Å². The molecule has 1 amide bonds. The highest BCUT2D eigenvalue weighted by molar-refractivity contribution is 7.18. The van der Waals surface area contributed by atoms with Crippen molar-refractivity contribution in [2.24, 2.45) is 5.92 Å². The number of amides is 1. The van der Waals surface area contributed by atoms with Crippen LogP contribution in [0.2, 0.25) is 0 Å². The van der Waals surface area contributed by atoms with Gasteiger partial charge in [-0.1, -0.05) is 13.0 Å². The maximum atomic E-state index is 12.8. The minimum Gasteiger partial charge on any atom is -0.449 e. The zero-order valence-electron chi connectivity index (χ0n) is 20.3. The number of thiazole rings is 1. The highest BCUT2D eigenvalue weighted by Crippen LogP contribution is 2.40. The van der Waals surface area contributed by atoms with Crippen molar-refractivity contribution in [2.75, 3.05) is 27.2 Å². The minimum absolute atomic E-state index is 0.137. The van der Waals surface area contributed by atoms with Gasteiger partial charge in [0, 0.05) is 18.5 Å². The molecule has 1 aliphatic heterocycles. The van der Waals surface area contributed by atoms with Crippen LogP contribution in [0.5, 0.6) is 0 Å². The second-order valence-corrected chi connectivity index (χ2v) is 11.2. The number of benzene rings is 1. The van der Waals surface area contributed by atoms with Crippen LogP contribution < -0.4 is 0 Å². The van der Waals surface area contributed by atoms with Gasteiger partial charge >= 0.3 is 18.1 Å². The van der Waals surface area contributed by atoms with Gasteiger partial charge in [0.05, 0.1) is 21.3 Å². The van der Waals surface area contributed by atoms with Crippen molar-refractivity contribution in [3.05, 3.63) is 28.8 Å². The third kappa shape index (κ3) is 6.14. The first-order valence-corrected chi connectivity index (χ1v) is 12.9. The largest absolute Gasteiger partial charge is 0.449 e. The first kappa shape index (κ1) is 25.9. The van der Waals surface area contributed by atoms with Gasteiger partial charge in [-0.3, -0.25) is 4.79 Å². The van der Waals surface area contributed by atoms with Crippen LogP contribution in [0.1, 0.15) is 68.0 Å². The topological polar surface area (TPSA) is 62.7 Å². The van der Waals surface area contributed by atoms with Crippen LogP contribution in [-0.2, 0) is 14.3 Å². The molecule has 2 aliphatic rings. The van der Waals surface area contributed by atoms with E-state index >= 15 is 0 Å². The molecule has 192 valence electrons. The van der Waals surface area contributed by atoms with Crippen molar-refractivity contribution in [3.8, 4) is 0 Å². The Hall–Kier alpha value is -2.20. The fourth-order valence-electron chi connectivity index (χ4n) is 5.23. The molecule has 0 spiro atoms. The van der Waals surface area contributed by atoms with E-state index in [1.54, 1.807) is 11.3 Å². The number of fused-ring (bicyclic) bond motifs is 1. The van der Waals surface area contributed by atoms with Gasteiger partial charge in [0.15, 0.2) is 6.61 Å². The Morgan fingerprint density at radius 3 is 2.51 bits per heavy atom. The fraction of sp³-hybridized carbons (Fsp3) is 0.640. The number of nitrogens with zero attached hydrogens (tertiary/aromatic N) is 3. The van der Waals surface area contributed by atoms with Crippen molar-refractivity contribution in [3.63, 3.8) is 0 Å². The molecule has 2 fully saturated rings. The van der Waals surface area contributed by atoms with E-state index in [-0.39, 0.29) is 5.92 Å². The van der Waals surface area contributed by atoms with Crippen molar-refractivity contribution in [2.45, 2.75) is 69.6 Å². The van der Waals surface area contributed by atoms with Gasteiger partial charge < -0.3 is 14.5 Å². The molecule has 1 aromatic heterocycles. The Morgan fingerprint density at radius 2 is 1.86 bits per heavy atom. The lowest BCUT2D eigenvalue weighted by Crippen LogP contribution is -2.45. The van der Waals surface area contributed by atoms with Gasteiger partial charge in [-0.25, -0.2) is 9.78 Å². The molecule has 1 saturated heterocycles. The molecule has 2 atom stereocenters. The number of piperidine rings is 1. The monoisotopic (exact) mass is 511 g/mol. The number of carbonyl (C=O) groups is 2. The Labute approximate surface area is 207 Å². The van der Waals surface area contributed by atoms with E-state index in [1.807, 2.05) is 25.1 Å². The standard InChI is InChI=1S/C25H32F3N3O3S/c1-15-4-10-20(31(13-15)23(32)24(33)34-14-25(26,27)28)17-7-11-21-19(12-17)29-22(35-21)16-5-8-18(9-6-16)30(2)3/h7,11-12,15-16,18,20H,4-6,8-10,13-14H2,1-3H3/t15-,16?,18?,20+/m0/s1. The number of likely N-dealkylation sites (tertiary alicyclic amines) is 1. The van der Waals surface area contributed by atoms with Crippen LogP contribution in [0.4, 0.5) is 13.2 Å². The highest BCUT2D eigenvalue weighted by atomic mass is 32.1. The van der Waals surface area contributed by atoms with E-state index in [4.69, 9.17) is 4.98 Å². The zero-order chi connectivity index (χ0) is 25.3. The van der Waals surface area contributed by atoms with Crippen LogP contribution in [0, 0.1) is 5.92 Å². The number of aromatic nitrogens is 1. The second-order valence-electron chi connectivity index (χ2n) is 10.1. The average molecular weight is 512 g/mol. The number of hydrogen-bond acceptors (Lipinski definition) is 6. The predicted molar refractivity (Wildman–Crippen MR) is 128 cm³/mol. The van der Waals surface area contributed by atoms with E-state index < -0.39 is 30.7 Å². The maximum absolute atomic E-state index is 12.8. The lowest BCUT2D eigenvalue weighted by atomic mass is 9.86. The number of carbonyl (C=O) groups excluding carboxylic acids is 2. The Morgan fingerprint density at radius 1 is 1.14 bits per heavy atom. The van der Waals surface area contributed by atoms with Gasteiger partial charge in [-0.15, -0.1) is 11.3 Å². The number of rotatable bonds is 4. The average Bonchev–Trinajstić information content (AvgIpc) is 3.25. The smallest absolute Gasteiger partial charge is 0.422 e. The zero-order valence-corrected chi connectivity index (χ0v) is 21.1. The lowest BCUT2D eigenvalue weighted by Gasteiger charge is -2.38. The fourth-order valence-corrected chi connectivity index (χ4v) is 6.35. The summed E-state index contributed by atoms with van der Waals surface area (Å²) in [6.45, 7) is 0.480. The SMILES string of the molecule is C[C@H]1CC[C@H](c2ccc3sc(C4CCC(N(C)C)CC4)nc3c2)N(C(=O)C(=O)OCC(F)(F)F)C1. The van der Waals surface area contributed by atoms with Gasteiger partial charge in [-0.05, 0) is 76.2 Å². The van der Waals surface area contributed by atoms with Crippen LogP contribution in [0.3, 0.4) is 0 Å². The molecule has 2 heterocycles. The van der Waals surface area contributed by atoms with E-state index in [0.29, 0.717) is 24.9 Å². The molecule has 4 rings (SSSR count). The Balaban J connectivity index is 1.51.